The van der Waals surface area contributed by atoms with Gasteiger partial charge in [0.2, 0.25) is 17.7 Å². The molecular formula is C22H36N6O7. The molecule has 0 bridgehead atoms. The number of nitrogens with one attached hydrogen (secondary N) is 4. The lowest BCUT2D eigenvalue weighted by molar-refractivity contribution is -0.142. The molecule has 13 nitrogen and oxygen atoms in total. The molecule has 196 valence electrons. The summed E-state index contributed by atoms with van der Waals surface area (Å²) in [6, 6.07) is -4.46. The zero-order chi connectivity index (χ0) is 26.7. The Bertz CT molecular complexity index is 872. The molecule has 1 rings (SSSR count). The van der Waals surface area contributed by atoms with Gasteiger partial charge in [-0.15, -0.1) is 0 Å². The van der Waals surface area contributed by atoms with Gasteiger partial charge in [0, 0.05) is 24.7 Å². The average molecular weight is 497 g/mol. The minimum atomic E-state index is -1.25. The van der Waals surface area contributed by atoms with Crippen molar-refractivity contribution in [2.24, 2.45) is 17.6 Å². The molecule has 0 aliphatic rings. The highest BCUT2D eigenvalue weighted by molar-refractivity contribution is 5.94. The highest BCUT2D eigenvalue weighted by atomic mass is 16.4. The van der Waals surface area contributed by atoms with E-state index < -0.39 is 59.7 Å². The average Bonchev–Trinajstić information content (AvgIpc) is 3.26. The first-order chi connectivity index (χ1) is 16.3. The lowest BCUT2D eigenvalue weighted by atomic mass is 9.99. The maximum atomic E-state index is 13.0. The third-order valence-corrected chi connectivity index (χ3v) is 5.19. The van der Waals surface area contributed by atoms with Crippen molar-refractivity contribution in [2.75, 3.05) is 0 Å². The van der Waals surface area contributed by atoms with Gasteiger partial charge in [-0.2, -0.15) is 0 Å². The maximum absolute atomic E-state index is 13.0. The number of aliphatic carboxylic acids is 2. The standard InChI is InChI=1S/C22H36N6O7/c1-11(2)7-15(26-19(31)14(23)5-6-17(29)30)20(32)28-18(12(3)4)21(33)27-16(22(34)35)8-13-9-24-10-25-13/h9-12,14-16,18H,5-8,23H2,1-4H3,(H,24,25)(H,26,31)(H,27,33)(H,28,32)(H,29,30)(H,34,35). The van der Waals surface area contributed by atoms with Gasteiger partial charge in [-0.1, -0.05) is 27.7 Å². The van der Waals surface area contributed by atoms with Crippen LogP contribution in [0.2, 0.25) is 0 Å². The molecule has 1 aromatic rings. The van der Waals surface area contributed by atoms with Gasteiger partial charge in [-0.3, -0.25) is 19.2 Å². The fourth-order valence-electron chi connectivity index (χ4n) is 3.26. The van der Waals surface area contributed by atoms with Crippen molar-refractivity contribution >= 4 is 29.7 Å². The third kappa shape index (κ3) is 10.5. The predicted octanol–water partition coefficient (Wildman–Crippen LogP) is -0.615. The number of carboxylic acids is 2. The summed E-state index contributed by atoms with van der Waals surface area (Å²) in [6.07, 6.45) is 2.66. The zero-order valence-corrected chi connectivity index (χ0v) is 20.4. The number of aromatic amines is 1. The van der Waals surface area contributed by atoms with Crippen LogP contribution in [0, 0.1) is 11.8 Å². The minimum absolute atomic E-state index is 0.00147. The number of aromatic nitrogens is 2. The van der Waals surface area contributed by atoms with Crippen LogP contribution in [-0.4, -0.2) is 74.0 Å². The molecule has 0 spiro atoms. The number of imidazole rings is 1. The molecule has 4 atom stereocenters. The fraction of sp³-hybridized carbons (Fsp3) is 0.636. The Kier molecular flexibility index (Phi) is 11.9. The van der Waals surface area contributed by atoms with E-state index in [1.165, 1.54) is 12.5 Å². The third-order valence-electron chi connectivity index (χ3n) is 5.19. The smallest absolute Gasteiger partial charge is 0.326 e. The van der Waals surface area contributed by atoms with Crippen LogP contribution in [0.15, 0.2) is 12.5 Å². The molecule has 1 aromatic heterocycles. The summed E-state index contributed by atoms with van der Waals surface area (Å²) in [5.74, 6) is -4.74. The Labute approximate surface area is 203 Å². The monoisotopic (exact) mass is 496 g/mol. The van der Waals surface area contributed by atoms with E-state index in [4.69, 9.17) is 10.8 Å². The quantitative estimate of drug-likeness (QED) is 0.164. The number of H-pyrrole nitrogens is 1. The summed E-state index contributed by atoms with van der Waals surface area (Å²) in [4.78, 5) is 67.3. The van der Waals surface area contributed by atoms with Gasteiger partial charge in [0.15, 0.2) is 0 Å². The summed E-state index contributed by atoms with van der Waals surface area (Å²) < 4.78 is 0. The molecule has 0 aliphatic heterocycles. The first kappa shape index (κ1) is 29.6. The van der Waals surface area contributed by atoms with Gasteiger partial charge in [-0.05, 0) is 24.7 Å². The highest BCUT2D eigenvalue weighted by Crippen LogP contribution is 2.10. The lowest BCUT2D eigenvalue weighted by Gasteiger charge is -2.27. The van der Waals surface area contributed by atoms with Gasteiger partial charge in [-0.25, -0.2) is 9.78 Å². The largest absolute Gasteiger partial charge is 0.481 e. The molecule has 8 N–H and O–H groups in total. The molecule has 0 aliphatic carbocycles. The van der Waals surface area contributed by atoms with Gasteiger partial charge >= 0.3 is 11.9 Å². The van der Waals surface area contributed by atoms with Crippen LogP contribution in [0.3, 0.4) is 0 Å². The van der Waals surface area contributed by atoms with Gasteiger partial charge in [0.1, 0.15) is 18.1 Å². The van der Waals surface area contributed by atoms with Crippen molar-refractivity contribution in [1.82, 2.24) is 25.9 Å². The van der Waals surface area contributed by atoms with Crippen LogP contribution >= 0.6 is 0 Å². The molecule has 35 heavy (non-hydrogen) atoms. The number of hydrogen-bond donors (Lipinski definition) is 7. The van der Waals surface area contributed by atoms with E-state index in [9.17, 15) is 29.1 Å². The summed E-state index contributed by atoms with van der Waals surface area (Å²) in [5, 5.41) is 25.9. The molecular weight excluding hydrogens is 460 g/mol. The Morgan fingerprint density at radius 3 is 2.09 bits per heavy atom. The summed E-state index contributed by atoms with van der Waals surface area (Å²) >= 11 is 0. The molecule has 0 radical (unpaired) electrons. The highest BCUT2D eigenvalue weighted by Gasteiger charge is 2.32. The van der Waals surface area contributed by atoms with E-state index in [1.807, 2.05) is 13.8 Å². The van der Waals surface area contributed by atoms with E-state index in [0.29, 0.717) is 5.69 Å². The Balaban J connectivity index is 2.91. The maximum Gasteiger partial charge on any atom is 0.326 e. The molecule has 13 heteroatoms. The van der Waals surface area contributed by atoms with Crippen LogP contribution in [0.4, 0.5) is 0 Å². The Hall–Kier alpha value is -3.48. The Morgan fingerprint density at radius 1 is 0.971 bits per heavy atom. The second-order valence-corrected chi connectivity index (χ2v) is 9.14. The topological polar surface area (TPSA) is 217 Å². The Morgan fingerprint density at radius 2 is 1.60 bits per heavy atom. The number of carbonyl (C=O) groups is 5. The second-order valence-electron chi connectivity index (χ2n) is 9.14. The van der Waals surface area contributed by atoms with Crippen molar-refractivity contribution in [2.45, 2.75) is 77.5 Å². The number of carbonyl (C=O) groups excluding carboxylic acids is 3. The van der Waals surface area contributed by atoms with E-state index in [0.717, 1.165) is 0 Å². The minimum Gasteiger partial charge on any atom is -0.481 e. The van der Waals surface area contributed by atoms with Gasteiger partial charge < -0.3 is 36.9 Å². The van der Waals surface area contributed by atoms with Gasteiger partial charge in [0.05, 0.1) is 12.4 Å². The molecule has 1 heterocycles. The molecule has 0 saturated carbocycles. The van der Waals surface area contributed by atoms with Crippen molar-refractivity contribution in [3.8, 4) is 0 Å². The van der Waals surface area contributed by atoms with E-state index in [2.05, 4.69) is 25.9 Å². The molecule has 0 aromatic carbocycles. The van der Waals surface area contributed by atoms with Crippen molar-refractivity contribution in [1.29, 1.82) is 0 Å². The summed E-state index contributed by atoms with van der Waals surface area (Å²) in [5.41, 5.74) is 6.26. The number of amides is 3. The number of nitrogens with two attached hydrogens (primary N) is 1. The number of rotatable bonds is 15. The van der Waals surface area contributed by atoms with E-state index in [-0.39, 0.29) is 31.6 Å². The van der Waals surface area contributed by atoms with Crippen molar-refractivity contribution in [3.05, 3.63) is 18.2 Å². The lowest BCUT2D eigenvalue weighted by Crippen LogP contribution is -2.58. The molecule has 0 fully saturated rings. The fourth-order valence-corrected chi connectivity index (χ4v) is 3.26. The number of nitrogens with zero attached hydrogens (tertiary/aromatic N) is 1. The zero-order valence-electron chi connectivity index (χ0n) is 20.4. The van der Waals surface area contributed by atoms with Crippen LogP contribution < -0.4 is 21.7 Å². The number of hydrogen-bond acceptors (Lipinski definition) is 7. The van der Waals surface area contributed by atoms with Crippen LogP contribution in [0.5, 0.6) is 0 Å². The SMILES string of the molecule is CC(C)CC(NC(=O)C(N)CCC(=O)O)C(=O)NC(C(=O)NC(Cc1cnc[nH]1)C(=O)O)C(C)C. The molecule has 0 saturated heterocycles. The first-order valence-electron chi connectivity index (χ1n) is 11.4. The van der Waals surface area contributed by atoms with Crippen molar-refractivity contribution in [3.63, 3.8) is 0 Å². The van der Waals surface area contributed by atoms with Crippen LogP contribution in [0.25, 0.3) is 0 Å². The van der Waals surface area contributed by atoms with Crippen LogP contribution in [-0.2, 0) is 30.4 Å². The van der Waals surface area contributed by atoms with Crippen molar-refractivity contribution < 1.29 is 34.2 Å². The number of carboxylic acid groups (broad SMARTS) is 2. The molecule has 4 unspecified atom stereocenters. The summed E-state index contributed by atoms with van der Waals surface area (Å²) in [7, 11) is 0. The molecule has 3 amide bonds. The van der Waals surface area contributed by atoms with E-state index >= 15 is 0 Å². The predicted molar refractivity (Wildman–Crippen MR) is 125 cm³/mol. The summed E-state index contributed by atoms with van der Waals surface area (Å²) in [6.45, 7) is 7.06. The van der Waals surface area contributed by atoms with E-state index in [1.54, 1.807) is 13.8 Å². The van der Waals surface area contributed by atoms with Gasteiger partial charge in [0.25, 0.3) is 0 Å². The second kappa shape index (κ2) is 14.0. The normalized spacial score (nSPS) is 14.6. The van der Waals surface area contributed by atoms with Crippen LogP contribution in [0.1, 0.15) is 52.7 Å². The first-order valence-corrected chi connectivity index (χ1v) is 11.4.